The fourth-order valence-corrected chi connectivity index (χ4v) is 2.11. The molecule has 0 bridgehead atoms. The summed E-state index contributed by atoms with van der Waals surface area (Å²) in [5, 5.41) is 0. The molecule has 1 unspecified atom stereocenters. The molecule has 0 spiro atoms. The molecule has 0 amide bonds. The molecule has 0 fully saturated rings. The summed E-state index contributed by atoms with van der Waals surface area (Å²) in [4.78, 5) is 0. The van der Waals surface area contributed by atoms with Gasteiger partial charge in [-0.05, 0) is 55.3 Å². The SMILES string of the molecule is Cc1ccc(C)c(OC(CCN)c2ccc(F)cc2)c1. The summed E-state index contributed by atoms with van der Waals surface area (Å²) in [6, 6.07) is 12.5. The second-order valence-electron chi connectivity index (χ2n) is 5.00. The summed E-state index contributed by atoms with van der Waals surface area (Å²) in [6.45, 7) is 4.56. The maximum Gasteiger partial charge on any atom is 0.125 e. The topological polar surface area (TPSA) is 35.2 Å². The Balaban J connectivity index is 2.25. The van der Waals surface area contributed by atoms with Crippen molar-refractivity contribution in [2.45, 2.75) is 26.4 Å². The third-order valence-electron chi connectivity index (χ3n) is 3.28. The van der Waals surface area contributed by atoms with Gasteiger partial charge in [-0.25, -0.2) is 4.39 Å². The molecule has 2 aromatic rings. The minimum Gasteiger partial charge on any atom is -0.485 e. The Kier molecular flexibility index (Phi) is 4.74. The molecular formula is C17H20FNO. The van der Waals surface area contributed by atoms with Crippen LogP contribution in [0.15, 0.2) is 42.5 Å². The van der Waals surface area contributed by atoms with Crippen molar-refractivity contribution in [1.29, 1.82) is 0 Å². The van der Waals surface area contributed by atoms with Crippen molar-refractivity contribution in [2.75, 3.05) is 6.54 Å². The molecule has 20 heavy (non-hydrogen) atoms. The van der Waals surface area contributed by atoms with Crippen molar-refractivity contribution in [2.24, 2.45) is 5.73 Å². The fraction of sp³-hybridized carbons (Fsp3) is 0.294. The summed E-state index contributed by atoms with van der Waals surface area (Å²) in [5.74, 6) is 0.611. The van der Waals surface area contributed by atoms with Crippen LogP contribution >= 0.6 is 0 Å². The van der Waals surface area contributed by atoms with Gasteiger partial charge in [-0.2, -0.15) is 0 Å². The number of aryl methyl sites for hydroxylation is 2. The number of benzene rings is 2. The zero-order valence-corrected chi connectivity index (χ0v) is 11.9. The molecule has 3 heteroatoms. The van der Waals surface area contributed by atoms with Crippen molar-refractivity contribution < 1.29 is 9.13 Å². The third kappa shape index (κ3) is 3.58. The molecule has 0 aliphatic heterocycles. The van der Waals surface area contributed by atoms with Crippen molar-refractivity contribution in [3.05, 3.63) is 65.0 Å². The quantitative estimate of drug-likeness (QED) is 0.896. The van der Waals surface area contributed by atoms with Gasteiger partial charge in [0.05, 0.1) is 0 Å². The van der Waals surface area contributed by atoms with E-state index >= 15 is 0 Å². The summed E-state index contributed by atoms with van der Waals surface area (Å²) < 4.78 is 19.1. The highest BCUT2D eigenvalue weighted by Gasteiger charge is 2.14. The lowest BCUT2D eigenvalue weighted by molar-refractivity contribution is 0.196. The molecule has 2 aromatic carbocycles. The lowest BCUT2D eigenvalue weighted by Gasteiger charge is -2.20. The van der Waals surface area contributed by atoms with E-state index in [0.29, 0.717) is 13.0 Å². The van der Waals surface area contributed by atoms with Gasteiger partial charge in [0.1, 0.15) is 17.7 Å². The Hall–Kier alpha value is -1.87. The molecule has 0 aliphatic carbocycles. The minimum absolute atomic E-state index is 0.152. The highest BCUT2D eigenvalue weighted by atomic mass is 19.1. The Morgan fingerprint density at radius 3 is 2.45 bits per heavy atom. The molecule has 0 heterocycles. The van der Waals surface area contributed by atoms with Crippen LogP contribution in [0.4, 0.5) is 4.39 Å². The minimum atomic E-state index is -0.244. The Labute approximate surface area is 119 Å². The molecule has 106 valence electrons. The number of nitrogens with two attached hydrogens (primary N) is 1. The fourth-order valence-electron chi connectivity index (χ4n) is 2.11. The molecule has 0 saturated carbocycles. The van der Waals surface area contributed by atoms with E-state index in [1.807, 2.05) is 26.0 Å². The average molecular weight is 273 g/mol. The lowest BCUT2D eigenvalue weighted by atomic mass is 10.1. The van der Waals surface area contributed by atoms with Crippen molar-refractivity contribution in [1.82, 2.24) is 0 Å². The maximum absolute atomic E-state index is 13.0. The normalized spacial score (nSPS) is 12.2. The first-order valence-electron chi connectivity index (χ1n) is 6.79. The van der Waals surface area contributed by atoms with Crippen LogP contribution in [0.5, 0.6) is 5.75 Å². The predicted octanol–water partition coefficient (Wildman–Crippen LogP) is 3.91. The third-order valence-corrected chi connectivity index (χ3v) is 3.28. The molecule has 0 radical (unpaired) electrons. The number of ether oxygens (including phenoxy) is 1. The maximum atomic E-state index is 13.0. The van der Waals surface area contributed by atoms with E-state index in [0.717, 1.165) is 22.4 Å². The van der Waals surface area contributed by atoms with E-state index < -0.39 is 0 Å². The van der Waals surface area contributed by atoms with E-state index in [1.165, 1.54) is 12.1 Å². The summed E-state index contributed by atoms with van der Waals surface area (Å²) >= 11 is 0. The molecule has 1 atom stereocenters. The standard InChI is InChI=1S/C17H20FNO/c1-12-3-4-13(2)17(11-12)20-16(9-10-19)14-5-7-15(18)8-6-14/h3-8,11,16H,9-10,19H2,1-2H3. The molecule has 2 rings (SSSR count). The van der Waals surface area contributed by atoms with Gasteiger partial charge < -0.3 is 10.5 Å². The van der Waals surface area contributed by atoms with Crippen LogP contribution in [0.2, 0.25) is 0 Å². The molecular weight excluding hydrogens is 253 g/mol. The number of hydrogen-bond donors (Lipinski definition) is 1. The van der Waals surface area contributed by atoms with E-state index in [-0.39, 0.29) is 11.9 Å². The summed E-state index contributed by atoms with van der Waals surface area (Å²) in [6.07, 6.45) is 0.542. The van der Waals surface area contributed by atoms with Gasteiger partial charge in [0.2, 0.25) is 0 Å². The van der Waals surface area contributed by atoms with Crippen molar-refractivity contribution in [3.8, 4) is 5.75 Å². The average Bonchev–Trinajstić information content (AvgIpc) is 2.43. The van der Waals surface area contributed by atoms with Crippen LogP contribution in [-0.2, 0) is 0 Å². The molecule has 2 N–H and O–H groups in total. The van der Waals surface area contributed by atoms with Gasteiger partial charge in [0, 0.05) is 6.42 Å². The lowest BCUT2D eigenvalue weighted by Crippen LogP contribution is -2.14. The molecule has 0 saturated heterocycles. The predicted molar refractivity (Wildman–Crippen MR) is 79.4 cm³/mol. The van der Waals surface area contributed by atoms with Crippen LogP contribution < -0.4 is 10.5 Å². The van der Waals surface area contributed by atoms with Gasteiger partial charge in [0.25, 0.3) is 0 Å². The first-order chi connectivity index (χ1) is 9.60. The van der Waals surface area contributed by atoms with Gasteiger partial charge >= 0.3 is 0 Å². The van der Waals surface area contributed by atoms with Gasteiger partial charge in [-0.1, -0.05) is 24.3 Å². The van der Waals surface area contributed by atoms with E-state index in [9.17, 15) is 4.39 Å². The van der Waals surface area contributed by atoms with Crippen LogP contribution in [0.1, 0.15) is 29.2 Å². The van der Waals surface area contributed by atoms with Crippen molar-refractivity contribution in [3.63, 3.8) is 0 Å². The second-order valence-corrected chi connectivity index (χ2v) is 5.00. The smallest absolute Gasteiger partial charge is 0.125 e. The van der Waals surface area contributed by atoms with Gasteiger partial charge in [-0.15, -0.1) is 0 Å². The van der Waals surface area contributed by atoms with Gasteiger partial charge in [-0.3, -0.25) is 0 Å². The van der Waals surface area contributed by atoms with Crippen molar-refractivity contribution >= 4 is 0 Å². The Bertz CT molecular complexity index is 566. The van der Waals surface area contributed by atoms with Crippen LogP contribution in [0.25, 0.3) is 0 Å². The van der Waals surface area contributed by atoms with Gasteiger partial charge in [0.15, 0.2) is 0 Å². The highest BCUT2D eigenvalue weighted by molar-refractivity contribution is 5.36. The van der Waals surface area contributed by atoms with E-state index in [1.54, 1.807) is 12.1 Å². The molecule has 2 nitrogen and oxygen atoms in total. The molecule has 0 aromatic heterocycles. The van der Waals surface area contributed by atoms with Crippen LogP contribution in [-0.4, -0.2) is 6.54 Å². The first-order valence-corrected chi connectivity index (χ1v) is 6.79. The summed E-state index contributed by atoms with van der Waals surface area (Å²) in [5.41, 5.74) is 8.84. The van der Waals surface area contributed by atoms with Crippen LogP contribution in [0, 0.1) is 19.7 Å². The zero-order chi connectivity index (χ0) is 14.5. The largest absolute Gasteiger partial charge is 0.485 e. The summed E-state index contributed by atoms with van der Waals surface area (Å²) in [7, 11) is 0. The van der Waals surface area contributed by atoms with E-state index in [2.05, 4.69) is 6.07 Å². The Morgan fingerprint density at radius 2 is 1.80 bits per heavy atom. The van der Waals surface area contributed by atoms with E-state index in [4.69, 9.17) is 10.5 Å². The highest BCUT2D eigenvalue weighted by Crippen LogP contribution is 2.28. The zero-order valence-electron chi connectivity index (χ0n) is 11.9. The Morgan fingerprint density at radius 1 is 1.10 bits per heavy atom. The second kappa shape index (κ2) is 6.53. The monoisotopic (exact) mass is 273 g/mol. The van der Waals surface area contributed by atoms with Crippen LogP contribution in [0.3, 0.4) is 0 Å². The number of rotatable bonds is 5. The number of hydrogen-bond acceptors (Lipinski definition) is 2. The molecule has 0 aliphatic rings. The first kappa shape index (κ1) is 14.5. The number of halogens is 1.